The first kappa shape index (κ1) is 14.6. The molecule has 1 aromatic heterocycles. The van der Waals surface area contributed by atoms with Gasteiger partial charge in [0, 0.05) is 12.8 Å². The molecule has 8 nitrogen and oxygen atoms in total. The maximum absolute atomic E-state index is 12.2. The molecule has 1 amide bonds. The normalized spacial score (nSPS) is 21.1. The molecule has 3 heterocycles. The number of aromatic nitrogens is 3. The van der Waals surface area contributed by atoms with Crippen molar-refractivity contribution < 1.29 is 9.53 Å². The molecule has 1 aromatic rings. The van der Waals surface area contributed by atoms with Crippen LogP contribution in [0.5, 0.6) is 0 Å². The molecule has 1 saturated heterocycles. The van der Waals surface area contributed by atoms with E-state index in [2.05, 4.69) is 25.5 Å². The summed E-state index contributed by atoms with van der Waals surface area (Å²) in [5, 5.41) is 10.8. The SMILES string of the molecule is CCC(NC(=O)C1=NC=C1)c1nnc(C2CCCO2)[nH]c1=O. The van der Waals surface area contributed by atoms with E-state index >= 15 is 0 Å². The van der Waals surface area contributed by atoms with Crippen molar-refractivity contribution in [1.82, 2.24) is 20.5 Å². The molecule has 0 spiro atoms. The molecular weight excluding hydrogens is 286 g/mol. The minimum atomic E-state index is -0.501. The van der Waals surface area contributed by atoms with E-state index < -0.39 is 6.04 Å². The van der Waals surface area contributed by atoms with Gasteiger partial charge >= 0.3 is 0 Å². The van der Waals surface area contributed by atoms with Crippen molar-refractivity contribution in [3.63, 3.8) is 0 Å². The van der Waals surface area contributed by atoms with Crippen molar-refractivity contribution in [3.8, 4) is 0 Å². The highest BCUT2D eigenvalue weighted by molar-refractivity contribution is 6.45. The van der Waals surface area contributed by atoms with Gasteiger partial charge in [-0.15, -0.1) is 10.2 Å². The molecular formula is C14H17N5O3. The number of nitrogens with one attached hydrogen (secondary N) is 2. The molecule has 22 heavy (non-hydrogen) atoms. The second kappa shape index (κ2) is 6.18. The Bertz CT molecular complexity index is 688. The summed E-state index contributed by atoms with van der Waals surface area (Å²) in [6.07, 6.45) is 5.25. The number of aliphatic imine (C=N–C) groups is 1. The molecule has 1 fully saturated rings. The number of ether oxygens (including phenoxy) is 1. The Hall–Kier alpha value is -2.35. The van der Waals surface area contributed by atoms with E-state index in [4.69, 9.17) is 4.74 Å². The van der Waals surface area contributed by atoms with Crippen molar-refractivity contribution in [2.45, 2.75) is 38.3 Å². The molecule has 116 valence electrons. The summed E-state index contributed by atoms with van der Waals surface area (Å²) < 4.78 is 5.47. The van der Waals surface area contributed by atoms with Crippen molar-refractivity contribution in [2.24, 2.45) is 4.99 Å². The monoisotopic (exact) mass is 303 g/mol. The van der Waals surface area contributed by atoms with E-state index in [-0.39, 0.29) is 23.3 Å². The largest absolute Gasteiger partial charge is 0.370 e. The number of carbonyl (C=O) groups is 1. The molecule has 0 bridgehead atoms. The topological polar surface area (TPSA) is 109 Å². The summed E-state index contributed by atoms with van der Waals surface area (Å²) in [5.74, 6) is 0.123. The first-order valence-corrected chi connectivity index (χ1v) is 7.32. The van der Waals surface area contributed by atoms with Crippen molar-refractivity contribution in [3.05, 3.63) is 34.1 Å². The van der Waals surface area contributed by atoms with E-state index in [1.807, 2.05) is 6.92 Å². The van der Waals surface area contributed by atoms with Crippen LogP contribution in [0, 0.1) is 0 Å². The zero-order chi connectivity index (χ0) is 15.5. The standard InChI is InChI=1S/C14H17N5O3/c1-2-8(16-13(20)9-5-6-15-9)11-14(21)17-12(19-18-11)10-4-3-7-22-10/h5-6,8,10H,2-4,7H2,1H3,(H,16,20)(H,17,19,21). The van der Waals surface area contributed by atoms with Gasteiger partial charge in [-0.2, -0.15) is 0 Å². The number of hydrogen-bond donors (Lipinski definition) is 2. The zero-order valence-electron chi connectivity index (χ0n) is 12.2. The number of nitrogens with zero attached hydrogens (tertiary/aromatic N) is 3. The maximum Gasteiger partial charge on any atom is 0.275 e. The molecule has 2 unspecified atom stereocenters. The summed E-state index contributed by atoms with van der Waals surface area (Å²) in [5.41, 5.74) is 0.194. The summed E-state index contributed by atoms with van der Waals surface area (Å²) in [7, 11) is 0. The van der Waals surface area contributed by atoms with Crippen molar-refractivity contribution >= 4 is 11.6 Å². The number of H-pyrrole nitrogens is 1. The fourth-order valence-electron chi connectivity index (χ4n) is 2.40. The van der Waals surface area contributed by atoms with E-state index in [1.165, 1.54) is 0 Å². The fraction of sp³-hybridized carbons (Fsp3) is 0.500. The Balaban J connectivity index is 1.76. The Labute approximate surface area is 126 Å². The Morgan fingerprint density at radius 3 is 2.91 bits per heavy atom. The first-order valence-electron chi connectivity index (χ1n) is 7.32. The third-order valence-electron chi connectivity index (χ3n) is 3.70. The van der Waals surface area contributed by atoms with Crippen LogP contribution in [-0.4, -0.2) is 33.4 Å². The number of carbonyl (C=O) groups excluding carboxylic acids is 1. The van der Waals surface area contributed by atoms with Crippen LogP contribution in [0.15, 0.2) is 22.1 Å². The van der Waals surface area contributed by atoms with E-state index in [1.54, 1.807) is 12.3 Å². The second-order valence-electron chi connectivity index (χ2n) is 5.19. The van der Waals surface area contributed by atoms with Crippen LogP contribution < -0.4 is 10.9 Å². The van der Waals surface area contributed by atoms with Gasteiger partial charge in [0.05, 0.1) is 6.04 Å². The average Bonchev–Trinajstić information content (AvgIpc) is 2.97. The number of aromatic amines is 1. The van der Waals surface area contributed by atoms with Crippen molar-refractivity contribution in [1.29, 1.82) is 0 Å². The van der Waals surface area contributed by atoms with Crippen LogP contribution in [0.25, 0.3) is 0 Å². The molecule has 0 saturated carbocycles. The van der Waals surface area contributed by atoms with E-state index in [9.17, 15) is 9.59 Å². The first-order chi connectivity index (χ1) is 10.7. The van der Waals surface area contributed by atoms with Gasteiger partial charge in [0.15, 0.2) is 11.5 Å². The van der Waals surface area contributed by atoms with Gasteiger partial charge in [-0.05, 0) is 25.3 Å². The highest BCUT2D eigenvalue weighted by Gasteiger charge is 2.24. The lowest BCUT2D eigenvalue weighted by atomic mass is 10.1. The van der Waals surface area contributed by atoms with Crippen LogP contribution in [0.2, 0.25) is 0 Å². The number of hydrogen-bond acceptors (Lipinski definition) is 6. The molecule has 3 rings (SSSR count). The van der Waals surface area contributed by atoms with Crippen LogP contribution in [0.4, 0.5) is 0 Å². The summed E-state index contributed by atoms with van der Waals surface area (Å²) >= 11 is 0. The predicted molar refractivity (Wildman–Crippen MR) is 78.3 cm³/mol. The highest BCUT2D eigenvalue weighted by Crippen LogP contribution is 2.24. The van der Waals surface area contributed by atoms with E-state index in [0.717, 1.165) is 12.8 Å². The lowest BCUT2D eigenvalue weighted by Crippen LogP contribution is -2.38. The number of amides is 1. The highest BCUT2D eigenvalue weighted by atomic mass is 16.5. The Kier molecular flexibility index (Phi) is 4.10. The van der Waals surface area contributed by atoms with Crippen LogP contribution in [0.1, 0.15) is 49.9 Å². The van der Waals surface area contributed by atoms with Gasteiger partial charge in [-0.25, -0.2) is 0 Å². The lowest BCUT2D eigenvalue weighted by molar-refractivity contribution is -0.115. The minimum Gasteiger partial charge on any atom is -0.370 e. The van der Waals surface area contributed by atoms with Crippen LogP contribution >= 0.6 is 0 Å². The quantitative estimate of drug-likeness (QED) is 0.825. The fourth-order valence-corrected chi connectivity index (χ4v) is 2.40. The van der Waals surface area contributed by atoms with E-state index in [0.29, 0.717) is 24.6 Å². The maximum atomic E-state index is 12.2. The Morgan fingerprint density at radius 1 is 1.55 bits per heavy atom. The van der Waals surface area contributed by atoms with Crippen molar-refractivity contribution in [2.75, 3.05) is 6.61 Å². The molecule has 2 aliphatic rings. The molecule has 2 atom stereocenters. The molecule has 2 aliphatic heterocycles. The van der Waals surface area contributed by atoms with Gasteiger partial charge < -0.3 is 15.0 Å². The zero-order valence-corrected chi connectivity index (χ0v) is 12.2. The lowest BCUT2D eigenvalue weighted by Gasteiger charge is -2.17. The Morgan fingerprint density at radius 2 is 2.36 bits per heavy atom. The summed E-state index contributed by atoms with van der Waals surface area (Å²) in [4.78, 5) is 30.6. The van der Waals surface area contributed by atoms with Crippen LogP contribution in [0.3, 0.4) is 0 Å². The molecule has 8 heteroatoms. The van der Waals surface area contributed by atoms with Crippen LogP contribution in [-0.2, 0) is 9.53 Å². The van der Waals surface area contributed by atoms with Gasteiger partial charge in [-0.3, -0.25) is 14.6 Å². The average molecular weight is 303 g/mol. The van der Waals surface area contributed by atoms with Gasteiger partial charge in [0.1, 0.15) is 11.8 Å². The minimum absolute atomic E-state index is 0.196. The molecule has 0 aliphatic carbocycles. The predicted octanol–water partition coefficient (Wildman–Crippen LogP) is 0.552. The smallest absolute Gasteiger partial charge is 0.275 e. The van der Waals surface area contributed by atoms with Gasteiger partial charge in [0.2, 0.25) is 0 Å². The second-order valence-corrected chi connectivity index (χ2v) is 5.19. The summed E-state index contributed by atoms with van der Waals surface area (Å²) in [6, 6.07) is -0.501. The molecule has 2 N–H and O–H groups in total. The summed E-state index contributed by atoms with van der Waals surface area (Å²) in [6.45, 7) is 2.53. The molecule has 0 radical (unpaired) electrons. The van der Waals surface area contributed by atoms with Gasteiger partial charge in [0.25, 0.3) is 11.5 Å². The third-order valence-corrected chi connectivity index (χ3v) is 3.70. The van der Waals surface area contributed by atoms with Gasteiger partial charge in [-0.1, -0.05) is 6.92 Å². The number of rotatable bonds is 5. The molecule has 0 aromatic carbocycles. The third kappa shape index (κ3) is 2.82.